The molecule has 0 radical (unpaired) electrons. The Balaban J connectivity index is 1.57. The third-order valence-corrected chi connectivity index (χ3v) is 5.37. The first-order valence-electron chi connectivity index (χ1n) is 8.36. The fourth-order valence-corrected chi connectivity index (χ4v) is 3.96. The summed E-state index contributed by atoms with van der Waals surface area (Å²) in [5.41, 5.74) is 3.53. The number of nitrogens with zero attached hydrogens (tertiary/aromatic N) is 1. The molecule has 20 heavy (non-hydrogen) atoms. The van der Waals surface area contributed by atoms with Crippen molar-refractivity contribution in [2.75, 3.05) is 24.5 Å². The van der Waals surface area contributed by atoms with Crippen LogP contribution in [0.25, 0.3) is 0 Å². The van der Waals surface area contributed by atoms with Gasteiger partial charge in [0, 0.05) is 25.3 Å². The molecule has 1 aliphatic heterocycles. The molecule has 1 heterocycles. The molecule has 3 rings (SSSR count). The van der Waals surface area contributed by atoms with Gasteiger partial charge in [-0.25, -0.2) is 0 Å². The zero-order valence-corrected chi connectivity index (χ0v) is 12.8. The standard InChI is InChI=1S/C18H28N2/c1-2-19-15-16-5-7-17(8-6-16)20-13-11-18(12-14-20)9-3-4-10-18/h5-8,19H,2-4,9-15H2,1H3. The van der Waals surface area contributed by atoms with Gasteiger partial charge in [-0.1, -0.05) is 31.9 Å². The maximum Gasteiger partial charge on any atom is 0.0366 e. The van der Waals surface area contributed by atoms with Crippen molar-refractivity contribution in [3.05, 3.63) is 29.8 Å². The summed E-state index contributed by atoms with van der Waals surface area (Å²) >= 11 is 0. The lowest BCUT2D eigenvalue weighted by atomic mass is 9.77. The highest BCUT2D eigenvalue weighted by atomic mass is 15.1. The lowest BCUT2D eigenvalue weighted by molar-refractivity contribution is 0.226. The van der Waals surface area contributed by atoms with Gasteiger partial charge in [-0.2, -0.15) is 0 Å². The Labute approximate surface area is 123 Å². The van der Waals surface area contributed by atoms with Crippen molar-refractivity contribution in [2.24, 2.45) is 5.41 Å². The maximum atomic E-state index is 3.38. The van der Waals surface area contributed by atoms with Gasteiger partial charge in [0.05, 0.1) is 0 Å². The van der Waals surface area contributed by atoms with Crippen molar-refractivity contribution in [3.8, 4) is 0 Å². The first kappa shape index (κ1) is 13.9. The molecule has 0 bridgehead atoms. The molecule has 0 atom stereocenters. The molecular formula is C18H28N2. The minimum atomic E-state index is 0.724. The highest BCUT2D eigenvalue weighted by molar-refractivity contribution is 5.48. The number of piperidine rings is 1. The normalized spacial score (nSPS) is 21.6. The fourth-order valence-electron chi connectivity index (χ4n) is 3.96. The average Bonchev–Trinajstić information content (AvgIpc) is 2.95. The second kappa shape index (κ2) is 6.17. The summed E-state index contributed by atoms with van der Waals surface area (Å²) in [6.07, 6.45) is 8.74. The molecule has 2 fully saturated rings. The van der Waals surface area contributed by atoms with Gasteiger partial charge in [-0.3, -0.25) is 0 Å². The van der Waals surface area contributed by atoms with Gasteiger partial charge in [0.1, 0.15) is 0 Å². The molecule has 1 aromatic rings. The molecule has 1 N–H and O–H groups in total. The topological polar surface area (TPSA) is 15.3 Å². The number of nitrogens with one attached hydrogen (secondary N) is 1. The number of anilines is 1. The molecule has 0 unspecified atom stereocenters. The molecule has 1 spiro atoms. The van der Waals surface area contributed by atoms with E-state index in [0.29, 0.717) is 0 Å². The zero-order valence-electron chi connectivity index (χ0n) is 12.8. The number of hydrogen-bond donors (Lipinski definition) is 1. The van der Waals surface area contributed by atoms with E-state index in [0.717, 1.165) is 18.5 Å². The molecular weight excluding hydrogens is 244 g/mol. The van der Waals surface area contributed by atoms with Gasteiger partial charge in [0.2, 0.25) is 0 Å². The van der Waals surface area contributed by atoms with Gasteiger partial charge in [-0.05, 0) is 55.3 Å². The minimum absolute atomic E-state index is 0.724. The highest BCUT2D eigenvalue weighted by Crippen LogP contribution is 2.46. The van der Waals surface area contributed by atoms with E-state index < -0.39 is 0 Å². The summed E-state index contributed by atoms with van der Waals surface area (Å²) in [6, 6.07) is 9.16. The van der Waals surface area contributed by atoms with Crippen LogP contribution >= 0.6 is 0 Å². The largest absolute Gasteiger partial charge is 0.371 e. The van der Waals surface area contributed by atoms with E-state index >= 15 is 0 Å². The summed E-state index contributed by atoms with van der Waals surface area (Å²) in [6.45, 7) is 6.69. The quantitative estimate of drug-likeness (QED) is 0.892. The van der Waals surface area contributed by atoms with Gasteiger partial charge in [-0.15, -0.1) is 0 Å². The van der Waals surface area contributed by atoms with Crippen LogP contribution in [0.1, 0.15) is 51.0 Å². The zero-order chi connectivity index (χ0) is 13.8. The van der Waals surface area contributed by atoms with E-state index in [1.807, 2.05) is 0 Å². The van der Waals surface area contributed by atoms with Crippen molar-refractivity contribution in [2.45, 2.75) is 52.0 Å². The number of benzene rings is 1. The molecule has 2 nitrogen and oxygen atoms in total. The van der Waals surface area contributed by atoms with Crippen LogP contribution in [0.15, 0.2) is 24.3 Å². The van der Waals surface area contributed by atoms with Crippen molar-refractivity contribution in [1.29, 1.82) is 0 Å². The number of rotatable bonds is 4. The van der Waals surface area contributed by atoms with Crippen LogP contribution in [0.3, 0.4) is 0 Å². The van der Waals surface area contributed by atoms with Crippen molar-refractivity contribution in [1.82, 2.24) is 5.32 Å². The summed E-state index contributed by atoms with van der Waals surface area (Å²) in [7, 11) is 0. The second-order valence-corrected chi connectivity index (χ2v) is 6.64. The van der Waals surface area contributed by atoms with Crippen molar-refractivity contribution < 1.29 is 0 Å². The predicted octanol–water partition coefficient (Wildman–Crippen LogP) is 3.96. The summed E-state index contributed by atoms with van der Waals surface area (Å²) < 4.78 is 0. The minimum Gasteiger partial charge on any atom is -0.371 e. The Kier molecular flexibility index (Phi) is 4.30. The van der Waals surface area contributed by atoms with E-state index in [1.165, 1.54) is 62.9 Å². The van der Waals surface area contributed by atoms with Crippen LogP contribution in [0.5, 0.6) is 0 Å². The number of hydrogen-bond acceptors (Lipinski definition) is 2. The lowest BCUT2D eigenvalue weighted by Gasteiger charge is -2.40. The Bertz CT molecular complexity index is 408. The Morgan fingerprint density at radius 3 is 2.25 bits per heavy atom. The van der Waals surface area contributed by atoms with Crippen LogP contribution in [-0.4, -0.2) is 19.6 Å². The van der Waals surface area contributed by atoms with Gasteiger partial charge in [0.25, 0.3) is 0 Å². The van der Waals surface area contributed by atoms with Crippen LogP contribution < -0.4 is 10.2 Å². The van der Waals surface area contributed by atoms with Gasteiger partial charge < -0.3 is 10.2 Å². The molecule has 110 valence electrons. The van der Waals surface area contributed by atoms with E-state index in [4.69, 9.17) is 0 Å². The first-order valence-corrected chi connectivity index (χ1v) is 8.36. The molecule has 1 aliphatic carbocycles. The SMILES string of the molecule is CCNCc1ccc(N2CCC3(CCCC3)CC2)cc1. The monoisotopic (exact) mass is 272 g/mol. The Hall–Kier alpha value is -1.02. The second-order valence-electron chi connectivity index (χ2n) is 6.64. The van der Waals surface area contributed by atoms with Crippen LogP contribution in [-0.2, 0) is 6.54 Å². The van der Waals surface area contributed by atoms with Gasteiger partial charge >= 0.3 is 0 Å². The van der Waals surface area contributed by atoms with E-state index in [1.54, 1.807) is 0 Å². The van der Waals surface area contributed by atoms with Crippen LogP contribution in [0.2, 0.25) is 0 Å². The molecule has 1 aromatic carbocycles. The van der Waals surface area contributed by atoms with Crippen LogP contribution in [0, 0.1) is 5.41 Å². The molecule has 0 amide bonds. The third kappa shape index (κ3) is 3.01. The van der Waals surface area contributed by atoms with E-state index in [2.05, 4.69) is 41.4 Å². The summed E-state index contributed by atoms with van der Waals surface area (Å²) in [5.74, 6) is 0. The first-order chi connectivity index (χ1) is 9.81. The molecule has 2 heteroatoms. The average molecular weight is 272 g/mol. The predicted molar refractivity (Wildman–Crippen MR) is 86.2 cm³/mol. The molecule has 2 aliphatic rings. The fraction of sp³-hybridized carbons (Fsp3) is 0.667. The van der Waals surface area contributed by atoms with Crippen molar-refractivity contribution in [3.63, 3.8) is 0 Å². The Morgan fingerprint density at radius 2 is 1.65 bits per heavy atom. The third-order valence-electron chi connectivity index (χ3n) is 5.37. The summed E-state index contributed by atoms with van der Waals surface area (Å²) in [4.78, 5) is 2.58. The molecule has 1 saturated heterocycles. The van der Waals surface area contributed by atoms with E-state index in [9.17, 15) is 0 Å². The van der Waals surface area contributed by atoms with Crippen LogP contribution in [0.4, 0.5) is 5.69 Å². The maximum absolute atomic E-state index is 3.38. The molecule has 0 aromatic heterocycles. The Morgan fingerprint density at radius 1 is 1.00 bits per heavy atom. The van der Waals surface area contributed by atoms with E-state index in [-0.39, 0.29) is 0 Å². The van der Waals surface area contributed by atoms with Gasteiger partial charge in [0.15, 0.2) is 0 Å². The smallest absolute Gasteiger partial charge is 0.0366 e. The summed E-state index contributed by atoms with van der Waals surface area (Å²) in [5, 5.41) is 3.38. The highest BCUT2D eigenvalue weighted by Gasteiger charge is 2.36. The molecule has 1 saturated carbocycles. The van der Waals surface area contributed by atoms with Crippen molar-refractivity contribution >= 4 is 5.69 Å². The lowest BCUT2D eigenvalue weighted by Crippen LogP contribution is -2.38.